The predicted octanol–water partition coefficient (Wildman–Crippen LogP) is 1.69. The summed E-state index contributed by atoms with van der Waals surface area (Å²) < 4.78 is 9.97. The zero-order chi connectivity index (χ0) is 12.7. The number of rotatable bonds is 6. The quantitative estimate of drug-likeness (QED) is 0.706. The predicted molar refractivity (Wildman–Crippen MR) is 66.0 cm³/mol. The van der Waals surface area contributed by atoms with E-state index in [1.165, 1.54) is 7.11 Å². The van der Waals surface area contributed by atoms with Crippen LogP contribution in [0.25, 0.3) is 0 Å². The highest BCUT2D eigenvalue weighted by Crippen LogP contribution is 2.13. The van der Waals surface area contributed by atoms with Gasteiger partial charge >= 0.3 is 5.97 Å². The van der Waals surface area contributed by atoms with Crippen molar-refractivity contribution in [3.8, 4) is 5.75 Å². The molecule has 0 heterocycles. The molecule has 4 heteroatoms. The average Bonchev–Trinajstić information content (AvgIpc) is 2.31. The third-order valence-corrected chi connectivity index (χ3v) is 2.31. The van der Waals surface area contributed by atoms with Gasteiger partial charge in [-0.1, -0.05) is 12.1 Å². The van der Waals surface area contributed by atoms with Crippen LogP contribution in [-0.4, -0.2) is 38.2 Å². The van der Waals surface area contributed by atoms with E-state index in [9.17, 15) is 4.79 Å². The normalized spacial score (nSPS) is 10.4. The minimum absolute atomic E-state index is 0.224. The maximum absolute atomic E-state index is 11.1. The van der Waals surface area contributed by atoms with E-state index in [0.717, 1.165) is 11.3 Å². The molecule has 0 spiro atoms. The molecule has 4 nitrogen and oxygen atoms in total. The number of likely N-dealkylation sites (N-methyl/N-ethyl adjacent to an activating group) is 1. The highest BCUT2D eigenvalue weighted by Gasteiger charge is 2.06. The molecule has 0 aromatic heterocycles. The molecule has 0 fully saturated rings. The van der Waals surface area contributed by atoms with Crippen LogP contribution in [0.1, 0.15) is 12.5 Å². The summed E-state index contributed by atoms with van der Waals surface area (Å²) in [6, 6.07) is 7.87. The topological polar surface area (TPSA) is 38.8 Å². The maximum Gasteiger partial charge on any atom is 0.319 e. The first-order chi connectivity index (χ1) is 8.15. The van der Waals surface area contributed by atoms with Gasteiger partial charge in [-0.3, -0.25) is 9.69 Å². The van der Waals surface area contributed by atoms with Crippen molar-refractivity contribution in [2.75, 3.05) is 27.3 Å². The van der Waals surface area contributed by atoms with E-state index < -0.39 is 0 Å². The fourth-order valence-corrected chi connectivity index (χ4v) is 1.51. The van der Waals surface area contributed by atoms with Crippen molar-refractivity contribution in [1.29, 1.82) is 0 Å². The fraction of sp³-hybridized carbons (Fsp3) is 0.462. The number of nitrogens with zero attached hydrogens (tertiary/aromatic N) is 1. The lowest BCUT2D eigenvalue weighted by Gasteiger charge is -2.15. The lowest BCUT2D eigenvalue weighted by atomic mass is 10.2. The van der Waals surface area contributed by atoms with E-state index in [0.29, 0.717) is 19.7 Å². The SMILES string of the molecule is CCOc1ccc(CN(C)CC(=O)OC)cc1. The van der Waals surface area contributed by atoms with E-state index >= 15 is 0 Å². The third kappa shape index (κ3) is 4.87. The van der Waals surface area contributed by atoms with Gasteiger partial charge in [0.1, 0.15) is 5.75 Å². The molecule has 1 aromatic carbocycles. The van der Waals surface area contributed by atoms with Crippen LogP contribution in [0.5, 0.6) is 5.75 Å². The van der Waals surface area contributed by atoms with Crippen LogP contribution in [0.2, 0.25) is 0 Å². The molecule has 0 aliphatic heterocycles. The summed E-state index contributed by atoms with van der Waals surface area (Å²) in [5.74, 6) is 0.644. The van der Waals surface area contributed by atoms with E-state index in [4.69, 9.17) is 4.74 Å². The Labute approximate surface area is 102 Å². The van der Waals surface area contributed by atoms with E-state index in [2.05, 4.69) is 4.74 Å². The first-order valence-corrected chi connectivity index (χ1v) is 5.62. The Morgan fingerprint density at radius 2 is 1.94 bits per heavy atom. The minimum atomic E-state index is -0.224. The largest absolute Gasteiger partial charge is 0.494 e. The van der Waals surface area contributed by atoms with Gasteiger partial charge in [0.25, 0.3) is 0 Å². The van der Waals surface area contributed by atoms with Crippen molar-refractivity contribution in [3.05, 3.63) is 29.8 Å². The number of carbonyl (C=O) groups is 1. The van der Waals surface area contributed by atoms with Gasteiger partial charge in [0, 0.05) is 6.54 Å². The second-order valence-electron chi connectivity index (χ2n) is 3.83. The van der Waals surface area contributed by atoms with Gasteiger partial charge < -0.3 is 9.47 Å². The summed E-state index contributed by atoms with van der Waals surface area (Å²) in [5, 5.41) is 0. The molecule has 0 aliphatic carbocycles. The highest BCUT2D eigenvalue weighted by atomic mass is 16.5. The number of ether oxygens (including phenoxy) is 2. The van der Waals surface area contributed by atoms with E-state index in [1.54, 1.807) is 0 Å². The van der Waals surface area contributed by atoms with Crippen LogP contribution in [0.4, 0.5) is 0 Å². The van der Waals surface area contributed by atoms with Crippen molar-refractivity contribution >= 4 is 5.97 Å². The minimum Gasteiger partial charge on any atom is -0.494 e. The second-order valence-corrected chi connectivity index (χ2v) is 3.83. The Bertz CT molecular complexity index is 348. The number of esters is 1. The number of hydrogen-bond acceptors (Lipinski definition) is 4. The summed E-state index contributed by atoms with van der Waals surface area (Å²) in [6.07, 6.45) is 0. The number of benzene rings is 1. The van der Waals surface area contributed by atoms with Gasteiger partial charge in [-0.2, -0.15) is 0 Å². The van der Waals surface area contributed by atoms with E-state index in [-0.39, 0.29) is 5.97 Å². The number of carbonyl (C=O) groups excluding carboxylic acids is 1. The van der Waals surface area contributed by atoms with Crippen molar-refractivity contribution in [2.45, 2.75) is 13.5 Å². The second kappa shape index (κ2) is 6.91. The Morgan fingerprint density at radius 1 is 1.29 bits per heavy atom. The molecule has 94 valence electrons. The average molecular weight is 237 g/mol. The zero-order valence-electron chi connectivity index (χ0n) is 10.6. The fourth-order valence-electron chi connectivity index (χ4n) is 1.51. The number of hydrogen-bond donors (Lipinski definition) is 0. The number of methoxy groups -OCH3 is 1. The van der Waals surface area contributed by atoms with Crippen LogP contribution in [0.3, 0.4) is 0 Å². The van der Waals surface area contributed by atoms with Gasteiger partial charge in [0.2, 0.25) is 0 Å². The standard InChI is InChI=1S/C13H19NO3/c1-4-17-12-7-5-11(6-8-12)9-14(2)10-13(15)16-3/h5-8H,4,9-10H2,1-3H3. The summed E-state index contributed by atoms with van der Waals surface area (Å²) in [5.41, 5.74) is 1.14. The first-order valence-electron chi connectivity index (χ1n) is 5.62. The van der Waals surface area contributed by atoms with Crippen LogP contribution in [0.15, 0.2) is 24.3 Å². The molecule has 0 saturated carbocycles. The Kier molecular flexibility index (Phi) is 5.49. The van der Waals surface area contributed by atoms with Crippen molar-refractivity contribution in [2.24, 2.45) is 0 Å². The lowest BCUT2D eigenvalue weighted by molar-refractivity contribution is -0.141. The first kappa shape index (κ1) is 13.5. The molecule has 0 N–H and O–H groups in total. The van der Waals surface area contributed by atoms with Crippen molar-refractivity contribution in [1.82, 2.24) is 4.90 Å². The van der Waals surface area contributed by atoms with E-state index in [1.807, 2.05) is 43.1 Å². The molecule has 1 rings (SSSR count). The Morgan fingerprint density at radius 3 is 2.47 bits per heavy atom. The highest BCUT2D eigenvalue weighted by molar-refractivity contribution is 5.71. The van der Waals surface area contributed by atoms with Gasteiger partial charge in [-0.15, -0.1) is 0 Å². The Balaban J connectivity index is 2.48. The van der Waals surface area contributed by atoms with Gasteiger partial charge in [0.05, 0.1) is 20.3 Å². The molecule has 0 bridgehead atoms. The summed E-state index contributed by atoms with van der Waals surface area (Å²) in [7, 11) is 3.28. The smallest absolute Gasteiger partial charge is 0.319 e. The maximum atomic E-state index is 11.1. The molecule has 0 atom stereocenters. The molecule has 1 aromatic rings. The lowest BCUT2D eigenvalue weighted by Crippen LogP contribution is -2.26. The zero-order valence-corrected chi connectivity index (χ0v) is 10.6. The van der Waals surface area contributed by atoms with Crippen molar-refractivity contribution < 1.29 is 14.3 Å². The Hall–Kier alpha value is -1.55. The van der Waals surface area contributed by atoms with Crippen LogP contribution in [-0.2, 0) is 16.1 Å². The molecule has 17 heavy (non-hydrogen) atoms. The van der Waals surface area contributed by atoms with Gasteiger partial charge in [-0.25, -0.2) is 0 Å². The van der Waals surface area contributed by atoms with Crippen molar-refractivity contribution in [3.63, 3.8) is 0 Å². The molecule has 0 saturated heterocycles. The molecular weight excluding hydrogens is 218 g/mol. The summed E-state index contributed by atoms with van der Waals surface area (Å²) in [4.78, 5) is 13.0. The molecule has 0 unspecified atom stereocenters. The van der Waals surface area contributed by atoms with Crippen LogP contribution in [0, 0.1) is 0 Å². The summed E-state index contributed by atoms with van der Waals surface area (Å²) in [6.45, 7) is 3.63. The molecular formula is C13H19NO3. The van der Waals surface area contributed by atoms with Crippen LogP contribution < -0.4 is 4.74 Å². The molecule has 0 amide bonds. The van der Waals surface area contributed by atoms with Gasteiger partial charge in [-0.05, 0) is 31.7 Å². The van der Waals surface area contributed by atoms with Crippen LogP contribution >= 0.6 is 0 Å². The monoisotopic (exact) mass is 237 g/mol. The van der Waals surface area contributed by atoms with Gasteiger partial charge in [0.15, 0.2) is 0 Å². The summed E-state index contributed by atoms with van der Waals surface area (Å²) >= 11 is 0. The molecule has 0 radical (unpaired) electrons. The molecule has 0 aliphatic rings. The third-order valence-electron chi connectivity index (χ3n) is 2.31.